The number of aryl methyl sites for hydroxylation is 2. The van der Waals surface area contributed by atoms with Gasteiger partial charge in [-0.1, -0.05) is 0 Å². The van der Waals surface area contributed by atoms with Crippen molar-refractivity contribution in [3.63, 3.8) is 0 Å². The molecule has 1 aromatic rings. The second-order valence-electron chi connectivity index (χ2n) is 4.46. The Hall–Kier alpha value is -0.760. The Kier molecular flexibility index (Phi) is 2.40. The van der Waals surface area contributed by atoms with Gasteiger partial charge in [-0.2, -0.15) is 0 Å². The second kappa shape index (κ2) is 3.43. The predicted molar refractivity (Wildman–Crippen MR) is 57.6 cm³/mol. The third-order valence-electron chi connectivity index (χ3n) is 3.44. The predicted octanol–water partition coefficient (Wildman–Crippen LogP) is 2.63. The van der Waals surface area contributed by atoms with Gasteiger partial charge in [0.2, 0.25) is 0 Å². The molecule has 2 nitrogen and oxygen atoms in total. The average molecular weight is 193 g/mol. The molecule has 0 atom stereocenters. The van der Waals surface area contributed by atoms with Crippen LogP contribution in [0.15, 0.2) is 12.1 Å². The lowest BCUT2D eigenvalue weighted by atomic mass is 9.76. The van der Waals surface area contributed by atoms with Crippen molar-refractivity contribution >= 4 is 0 Å². The summed E-state index contributed by atoms with van der Waals surface area (Å²) < 4.78 is 7.82. The van der Waals surface area contributed by atoms with Crippen molar-refractivity contribution < 1.29 is 4.74 Å². The second-order valence-corrected chi connectivity index (χ2v) is 4.46. The van der Waals surface area contributed by atoms with E-state index in [4.69, 9.17) is 4.74 Å². The molecule has 0 spiro atoms. The van der Waals surface area contributed by atoms with Crippen molar-refractivity contribution in [2.24, 2.45) is 0 Å². The largest absolute Gasteiger partial charge is 0.382 e. The lowest BCUT2D eigenvalue weighted by Gasteiger charge is -2.44. The zero-order chi connectivity index (χ0) is 10.2. The van der Waals surface area contributed by atoms with Crippen molar-refractivity contribution in [1.29, 1.82) is 0 Å². The van der Waals surface area contributed by atoms with Crippen LogP contribution in [0.25, 0.3) is 0 Å². The van der Waals surface area contributed by atoms with Crippen molar-refractivity contribution in [1.82, 2.24) is 4.57 Å². The van der Waals surface area contributed by atoms with Gasteiger partial charge in [0.15, 0.2) is 0 Å². The topological polar surface area (TPSA) is 14.2 Å². The molecule has 0 aliphatic heterocycles. The summed E-state index contributed by atoms with van der Waals surface area (Å²) in [6, 6.07) is 4.40. The Morgan fingerprint density at radius 3 is 2.21 bits per heavy atom. The minimum absolute atomic E-state index is 0.270. The van der Waals surface area contributed by atoms with E-state index in [0.717, 1.165) is 6.61 Å². The highest BCUT2D eigenvalue weighted by Gasteiger charge is 2.39. The Labute approximate surface area is 85.9 Å². The van der Waals surface area contributed by atoms with Crippen LogP contribution in [-0.2, 0) is 10.3 Å². The van der Waals surface area contributed by atoms with Crippen LogP contribution < -0.4 is 0 Å². The number of hydrogen-bond donors (Lipinski definition) is 0. The SMILES string of the molecule is COCC1(n2c(C)ccc2C)CCC1. The molecule has 1 aliphatic rings. The monoisotopic (exact) mass is 193 g/mol. The standard InChI is InChI=1S/C12H19NO/c1-10-5-6-11(2)13(10)12(9-14-3)7-4-8-12/h5-6H,4,7-9H2,1-3H3. The van der Waals surface area contributed by atoms with E-state index in [1.54, 1.807) is 7.11 Å². The number of nitrogens with zero attached hydrogens (tertiary/aromatic N) is 1. The fourth-order valence-electron chi connectivity index (χ4n) is 2.70. The van der Waals surface area contributed by atoms with Gasteiger partial charge >= 0.3 is 0 Å². The highest BCUT2D eigenvalue weighted by atomic mass is 16.5. The lowest BCUT2D eigenvalue weighted by molar-refractivity contribution is 0.0249. The molecule has 1 aliphatic carbocycles. The molecule has 1 fully saturated rings. The van der Waals surface area contributed by atoms with Crippen LogP contribution in [0.4, 0.5) is 0 Å². The van der Waals surface area contributed by atoms with Crippen LogP contribution in [0, 0.1) is 13.8 Å². The van der Waals surface area contributed by atoms with Gasteiger partial charge in [-0.05, 0) is 45.2 Å². The lowest BCUT2D eigenvalue weighted by Crippen LogP contribution is -2.45. The van der Waals surface area contributed by atoms with E-state index in [9.17, 15) is 0 Å². The minimum atomic E-state index is 0.270. The molecule has 2 rings (SSSR count). The first-order chi connectivity index (χ1) is 6.69. The van der Waals surface area contributed by atoms with E-state index in [-0.39, 0.29) is 5.54 Å². The number of hydrogen-bond acceptors (Lipinski definition) is 1. The fraction of sp³-hybridized carbons (Fsp3) is 0.667. The van der Waals surface area contributed by atoms with Gasteiger partial charge < -0.3 is 9.30 Å². The Morgan fingerprint density at radius 1 is 1.29 bits per heavy atom. The van der Waals surface area contributed by atoms with Crippen LogP contribution in [-0.4, -0.2) is 18.3 Å². The molecule has 1 saturated carbocycles. The molecule has 1 aromatic heterocycles. The van der Waals surface area contributed by atoms with E-state index in [1.165, 1.54) is 30.7 Å². The van der Waals surface area contributed by atoms with Crippen molar-refractivity contribution in [3.05, 3.63) is 23.5 Å². The van der Waals surface area contributed by atoms with Crippen LogP contribution >= 0.6 is 0 Å². The van der Waals surface area contributed by atoms with Crippen LogP contribution in [0.2, 0.25) is 0 Å². The normalized spacial score (nSPS) is 19.4. The van der Waals surface area contributed by atoms with Crippen LogP contribution in [0.5, 0.6) is 0 Å². The van der Waals surface area contributed by atoms with Gasteiger partial charge in [0.05, 0.1) is 12.1 Å². The molecular weight excluding hydrogens is 174 g/mol. The van der Waals surface area contributed by atoms with Crippen LogP contribution in [0.1, 0.15) is 30.7 Å². The van der Waals surface area contributed by atoms with Gasteiger partial charge in [0.1, 0.15) is 0 Å². The van der Waals surface area contributed by atoms with Gasteiger partial charge in [-0.3, -0.25) is 0 Å². The summed E-state index contributed by atoms with van der Waals surface area (Å²) in [4.78, 5) is 0. The molecule has 14 heavy (non-hydrogen) atoms. The van der Waals surface area contributed by atoms with Gasteiger partial charge in [-0.25, -0.2) is 0 Å². The summed E-state index contributed by atoms with van der Waals surface area (Å²) in [7, 11) is 1.80. The smallest absolute Gasteiger partial charge is 0.0698 e. The summed E-state index contributed by atoms with van der Waals surface area (Å²) in [6.45, 7) is 5.22. The van der Waals surface area contributed by atoms with E-state index in [1.807, 2.05) is 0 Å². The van der Waals surface area contributed by atoms with E-state index in [2.05, 4.69) is 30.5 Å². The van der Waals surface area contributed by atoms with E-state index in [0.29, 0.717) is 0 Å². The first kappa shape index (κ1) is 9.78. The zero-order valence-corrected chi connectivity index (χ0v) is 9.34. The third kappa shape index (κ3) is 1.29. The molecule has 0 unspecified atom stereocenters. The molecule has 0 radical (unpaired) electrons. The fourth-order valence-corrected chi connectivity index (χ4v) is 2.70. The average Bonchev–Trinajstić information content (AvgIpc) is 2.41. The highest BCUT2D eigenvalue weighted by Crippen LogP contribution is 2.41. The number of ether oxygens (including phenoxy) is 1. The molecular formula is C12H19NO. The maximum atomic E-state index is 5.36. The summed E-state index contributed by atoms with van der Waals surface area (Å²) >= 11 is 0. The number of aromatic nitrogens is 1. The zero-order valence-electron chi connectivity index (χ0n) is 9.34. The van der Waals surface area contributed by atoms with E-state index < -0.39 is 0 Å². The van der Waals surface area contributed by atoms with Gasteiger partial charge in [0, 0.05) is 18.5 Å². The van der Waals surface area contributed by atoms with Crippen LogP contribution in [0.3, 0.4) is 0 Å². The summed E-state index contributed by atoms with van der Waals surface area (Å²) in [6.07, 6.45) is 3.86. The number of rotatable bonds is 3. The maximum Gasteiger partial charge on any atom is 0.0698 e. The third-order valence-corrected chi connectivity index (χ3v) is 3.44. The maximum absolute atomic E-state index is 5.36. The Morgan fingerprint density at radius 2 is 1.86 bits per heavy atom. The molecule has 78 valence electrons. The number of methoxy groups -OCH3 is 1. The first-order valence-corrected chi connectivity index (χ1v) is 5.34. The highest BCUT2D eigenvalue weighted by molar-refractivity contribution is 5.19. The Bertz CT molecular complexity index is 304. The minimum Gasteiger partial charge on any atom is -0.382 e. The van der Waals surface area contributed by atoms with Gasteiger partial charge in [0.25, 0.3) is 0 Å². The molecule has 0 saturated heterocycles. The molecule has 0 N–H and O–H groups in total. The molecule has 0 amide bonds. The molecule has 2 heteroatoms. The molecule has 0 bridgehead atoms. The summed E-state index contributed by atoms with van der Waals surface area (Å²) in [5.41, 5.74) is 2.99. The molecule has 1 heterocycles. The van der Waals surface area contributed by atoms with E-state index >= 15 is 0 Å². The van der Waals surface area contributed by atoms with Gasteiger partial charge in [-0.15, -0.1) is 0 Å². The quantitative estimate of drug-likeness (QED) is 0.719. The summed E-state index contributed by atoms with van der Waals surface area (Å²) in [5, 5.41) is 0. The molecule has 0 aromatic carbocycles. The Balaban J connectivity index is 2.35. The summed E-state index contributed by atoms with van der Waals surface area (Å²) in [5.74, 6) is 0. The van der Waals surface area contributed by atoms with Crippen molar-refractivity contribution in [2.75, 3.05) is 13.7 Å². The van der Waals surface area contributed by atoms with Crippen molar-refractivity contribution in [2.45, 2.75) is 38.6 Å². The first-order valence-electron chi connectivity index (χ1n) is 5.34. The van der Waals surface area contributed by atoms with Crippen molar-refractivity contribution in [3.8, 4) is 0 Å².